The molecule has 0 unspecified atom stereocenters. The first-order valence-electron chi connectivity index (χ1n) is 8.39. The van der Waals surface area contributed by atoms with E-state index in [0.29, 0.717) is 16.6 Å². The van der Waals surface area contributed by atoms with Gasteiger partial charge in [0.15, 0.2) is 0 Å². The summed E-state index contributed by atoms with van der Waals surface area (Å²) in [6, 6.07) is 23.0. The molecule has 0 radical (unpaired) electrons. The molecule has 1 aromatic heterocycles. The van der Waals surface area contributed by atoms with Gasteiger partial charge in [0.05, 0.1) is 10.0 Å². The summed E-state index contributed by atoms with van der Waals surface area (Å²) in [7, 11) is 0. The van der Waals surface area contributed by atoms with Crippen molar-refractivity contribution in [3.05, 3.63) is 94.1 Å². The lowest BCUT2D eigenvalue weighted by molar-refractivity contribution is 0.0686. The Morgan fingerprint density at radius 3 is 2.33 bits per heavy atom. The van der Waals surface area contributed by atoms with Gasteiger partial charge in [0.1, 0.15) is 5.69 Å². The number of fused-ring (bicyclic) bond motifs is 1. The van der Waals surface area contributed by atoms with Crippen LogP contribution in [-0.4, -0.2) is 15.6 Å². The molecule has 0 saturated carbocycles. The summed E-state index contributed by atoms with van der Waals surface area (Å²) in [5.74, 6) is -0.965. The number of aromatic nitrogens is 1. The zero-order chi connectivity index (χ0) is 19.0. The van der Waals surface area contributed by atoms with Crippen molar-refractivity contribution in [2.75, 3.05) is 0 Å². The summed E-state index contributed by atoms with van der Waals surface area (Å²) in [6.45, 7) is 0.396. The van der Waals surface area contributed by atoms with E-state index in [2.05, 4.69) is 0 Å². The summed E-state index contributed by atoms with van der Waals surface area (Å²) in [5, 5.41) is 11.5. The van der Waals surface area contributed by atoms with E-state index in [1.165, 1.54) is 0 Å². The third-order valence-electron chi connectivity index (χ3n) is 4.55. The summed E-state index contributed by atoms with van der Waals surface area (Å²) in [5.41, 5.74) is 4.12. The van der Waals surface area contributed by atoms with Crippen LogP contribution in [0.1, 0.15) is 16.1 Å². The third kappa shape index (κ3) is 3.44. The number of benzene rings is 3. The quantitative estimate of drug-likeness (QED) is 0.436. The molecule has 134 valence electrons. The van der Waals surface area contributed by atoms with E-state index < -0.39 is 5.97 Å². The summed E-state index contributed by atoms with van der Waals surface area (Å²) in [6.07, 6.45) is 0. The largest absolute Gasteiger partial charge is 0.477 e. The lowest BCUT2D eigenvalue weighted by Crippen LogP contribution is -2.09. The van der Waals surface area contributed by atoms with Gasteiger partial charge in [0.25, 0.3) is 0 Å². The van der Waals surface area contributed by atoms with E-state index in [9.17, 15) is 9.90 Å². The summed E-state index contributed by atoms with van der Waals surface area (Å²) < 4.78 is 1.78. The van der Waals surface area contributed by atoms with Crippen molar-refractivity contribution in [3.8, 4) is 11.1 Å². The topological polar surface area (TPSA) is 42.2 Å². The first-order chi connectivity index (χ1) is 13.0. The minimum absolute atomic E-state index is 0.237. The lowest BCUT2D eigenvalue weighted by atomic mass is 10.0. The highest BCUT2D eigenvalue weighted by Gasteiger charge is 2.16. The predicted octanol–water partition coefficient (Wildman–Crippen LogP) is 6.36. The maximum absolute atomic E-state index is 11.8. The molecule has 1 heterocycles. The van der Waals surface area contributed by atoms with Crippen molar-refractivity contribution in [2.24, 2.45) is 0 Å². The smallest absolute Gasteiger partial charge is 0.352 e. The number of rotatable bonds is 4. The highest BCUT2D eigenvalue weighted by molar-refractivity contribution is 6.42. The van der Waals surface area contributed by atoms with Gasteiger partial charge in [-0.3, -0.25) is 0 Å². The number of halogens is 2. The van der Waals surface area contributed by atoms with Crippen molar-refractivity contribution in [3.63, 3.8) is 0 Å². The Morgan fingerprint density at radius 2 is 1.63 bits per heavy atom. The van der Waals surface area contributed by atoms with E-state index in [0.717, 1.165) is 27.6 Å². The van der Waals surface area contributed by atoms with Gasteiger partial charge in [-0.25, -0.2) is 4.79 Å². The van der Waals surface area contributed by atoms with Gasteiger partial charge < -0.3 is 9.67 Å². The van der Waals surface area contributed by atoms with Crippen LogP contribution in [0.4, 0.5) is 0 Å². The van der Waals surface area contributed by atoms with E-state index in [4.69, 9.17) is 23.2 Å². The Kier molecular flexibility index (Phi) is 4.65. The SMILES string of the molecule is O=C(O)c1cc2cc(-c3ccccc3)ccc2n1Cc1ccc(Cl)c(Cl)c1. The number of carboxylic acid groups (broad SMARTS) is 1. The van der Waals surface area contributed by atoms with Crippen molar-refractivity contribution in [1.82, 2.24) is 4.57 Å². The van der Waals surface area contributed by atoms with Crippen LogP contribution in [0.2, 0.25) is 10.0 Å². The Labute approximate surface area is 166 Å². The molecule has 0 spiro atoms. The number of carboxylic acids is 1. The molecule has 27 heavy (non-hydrogen) atoms. The molecule has 0 saturated heterocycles. The predicted molar refractivity (Wildman–Crippen MR) is 110 cm³/mol. The second-order valence-electron chi connectivity index (χ2n) is 6.31. The number of hydrogen-bond donors (Lipinski definition) is 1. The number of carbonyl (C=O) groups is 1. The monoisotopic (exact) mass is 395 g/mol. The highest BCUT2D eigenvalue weighted by Crippen LogP contribution is 2.29. The maximum atomic E-state index is 11.8. The van der Waals surface area contributed by atoms with Crippen LogP contribution < -0.4 is 0 Å². The van der Waals surface area contributed by atoms with Gasteiger partial charge in [-0.1, -0.05) is 65.7 Å². The molecule has 0 bridgehead atoms. The average molecular weight is 396 g/mol. The van der Waals surface area contributed by atoms with Crippen LogP contribution >= 0.6 is 23.2 Å². The second kappa shape index (κ2) is 7.10. The molecule has 4 aromatic rings. The molecule has 3 aromatic carbocycles. The number of aromatic carboxylic acids is 1. The van der Waals surface area contributed by atoms with Gasteiger partial charge in [-0.15, -0.1) is 0 Å². The van der Waals surface area contributed by atoms with Crippen molar-refractivity contribution in [1.29, 1.82) is 0 Å². The van der Waals surface area contributed by atoms with E-state index in [-0.39, 0.29) is 5.69 Å². The van der Waals surface area contributed by atoms with Crippen molar-refractivity contribution in [2.45, 2.75) is 6.54 Å². The van der Waals surface area contributed by atoms with E-state index in [1.54, 1.807) is 22.8 Å². The van der Waals surface area contributed by atoms with Crippen LogP contribution in [-0.2, 0) is 6.54 Å². The molecule has 4 rings (SSSR count). The third-order valence-corrected chi connectivity index (χ3v) is 5.29. The zero-order valence-electron chi connectivity index (χ0n) is 14.2. The normalized spacial score (nSPS) is 11.0. The van der Waals surface area contributed by atoms with Gasteiger partial charge >= 0.3 is 5.97 Å². The molecule has 5 heteroatoms. The first-order valence-corrected chi connectivity index (χ1v) is 9.14. The van der Waals surface area contributed by atoms with Crippen molar-refractivity contribution >= 4 is 40.1 Å². The molecule has 3 nitrogen and oxygen atoms in total. The van der Waals surface area contributed by atoms with E-state index in [1.807, 2.05) is 54.6 Å². The molecule has 0 amide bonds. The highest BCUT2D eigenvalue weighted by atomic mass is 35.5. The van der Waals surface area contributed by atoms with Crippen LogP contribution in [0.5, 0.6) is 0 Å². The second-order valence-corrected chi connectivity index (χ2v) is 7.12. The van der Waals surface area contributed by atoms with Crippen LogP contribution in [0, 0.1) is 0 Å². The lowest BCUT2D eigenvalue weighted by Gasteiger charge is -2.10. The van der Waals surface area contributed by atoms with E-state index >= 15 is 0 Å². The van der Waals surface area contributed by atoms with Gasteiger partial charge in [-0.2, -0.15) is 0 Å². The maximum Gasteiger partial charge on any atom is 0.352 e. The van der Waals surface area contributed by atoms with Crippen LogP contribution in [0.15, 0.2) is 72.8 Å². The minimum Gasteiger partial charge on any atom is -0.477 e. The zero-order valence-corrected chi connectivity index (χ0v) is 15.7. The molecule has 0 aliphatic heterocycles. The molecular formula is C22H15Cl2NO2. The minimum atomic E-state index is -0.965. The van der Waals surface area contributed by atoms with Gasteiger partial charge in [0, 0.05) is 17.4 Å². The molecule has 0 aliphatic rings. The number of nitrogens with zero attached hydrogens (tertiary/aromatic N) is 1. The van der Waals surface area contributed by atoms with Crippen molar-refractivity contribution < 1.29 is 9.90 Å². The fourth-order valence-corrected chi connectivity index (χ4v) is 3.57. The fourth-order valence-electron chi connectivity index (χ4n) is 3.25. The van der Waals surface area contributed by atoms with Gasteiger partial charge in [0.2, 0.25) is 0 Å². The summed E-state index contributed by atoms with van der Waals surface area (Å²) >= 11 is 12.1. The Bertz CT molecular complexity index is 1150. The average Bonchev–Trinajstić information content (AvgIpc) is 3.03. The Balaban J connectivity index is 1.82. The van der Waals surface area contributed by atoms with Gasteiger partial charge in [-0.05, 0) is 47.0 Å². The summed E-state index contributed by atoms with van der Waals surface area (Å²) in [4.78, 5) is 11.8. The Morgan fingerprint density at radius 1 is 0.852 bits per heavy atom. The standard InChI is InChI=1S/C22H15Cl2NO2/c23-18-8-6-14(10-19(18)24)13-25-20-9-7-16(15-4-2-1-3-5-15)11-17(20)12-21(25)22(26)27/h1-12H,13H2,(H,26,27). The molecule has 0 atom stereocenters. The van der Waals surface area contributed by atoms with Crippen LogP contribution in [0.25, 0.3) is 22.0 Å². The van der Waals surface area contributed by atoms with Crippen LogP contribution in [0.3, 0.4) is 0 Å². The number of hydrogen-bond acceptors (Lipinski definition) is 1. The molecule has 1 N–H and O–H groups in total. The molecule has 0 fully saturated rings. The Hall–Kier alpha value is -2.75. The first kappa shape index (κ1) is 17.7. The molecule has 0 aliphatic carbocycles. The molecular weight excluding hydrogens is 381 g/mol. The fraction of sp³-hybridized carbons (Fsp3) is 0.0455.